The molecule has 0 atom stereocenters. The minimum Gasteiger partial charge on any atom is -0.404 e. The van der Waals surface area contributed by atoms with E-state index < -0.39 is 76.1 Å². The van der Waals surface area contributed by atoms with E-state index in [4.69, 9.17) is 0 Å². The largest absolute Gasteiger partial charge is 0.573 e. The highest BCUT2D eigenvalue weighted by Crippen LogP contribution is 2.36. The van der Waals surface area contributed by atoms with Gasteiger partial charge < -0.3 is 9.47 Å². The van der Waals surface area contributed by atoms with Crippen molar-refractivity contribution < 1.29 is 74.6 Å². The number of alkyl halides is 6. The number of benzene rings is 2. The minimum atomic E-state index is -5.23. The van der Waals surface area contributed by atoms with Gasteiger partial charge in [0.15, 0.2) is 25.1 Å². The van der Waals surface area contributed by atoms with Gasteiger partial charge in [0.1, 0.15) is 9.79 Å². The topological polar surface area (TPSA) is 141 Å². The first-order chi connectivity index (χ1) is 18.4. The molecule has 20 heteroatoms. The monoisotopic (exact) mass is 646 g/mol. The molecule has 0 aliphatic heterocycles. The van der Waals surface area contributed by atoms with Crippen LogP contribution in [0.5, 0.6) is 11.5 Å². The second kappa shape index (κ2) is 13.5. The zero-order valence-electron chi connectivity index (χ0n) is 20.4. The lowest BCUT2D eigenvalue weighted by Crippen LogP contribution is -2.20. The summed E-state index contributed by atoms with van der Waals surface area (Å²) in [7, 11) is -13.7. The number of hydrogen-bond acceptors (Lipinski definition) is 11. The highest BCUT2D eigenvalue weighted by molar-refractivity contribution is 7.87. The second-order valence-electron chi connectivity index (χ2n) is 7.21. The predicted molar refractivity (Wildman–Crippen MR) is 122 cm³/mol. The Kier molecular flexibility index (Phi) is 11.4. The highest BCUT2D eigenvalue weighted by atomic mass is 32.2. The standard InChI is InChI=1S/C20H21F6O11PS2/c1-3-13-7-5-9-15(36-19(21,22)23)17(13)39(28,29)34-11-32-38(27)33-12-35-40(30,31)18-14(4-2)8-6-10-16(18)37-20(24,25)26/h5-10,38H,3-4,11-12H2,1-2H3. The van der Waals surface area contributed by atoms with Crippen LogP contribution in [-0.4, -0.2) is 43.1 Å². The molecule has 0 radical (unpaired) electrons. The molecule has 0 saturated heterocycles. The van der Waals surface area contributed by atoms with E-state index in [1.165, 1.54) is 26.0 Å². The molecule has 0 amide bonds. The summed E-state index contributed by atoms with van der Waals surface area (Å²) < 4.78 is 164. The molecule has 2 aromatic carbocycles. The predicted octanol–water partition coefficient (Wildman–Crippen LogP) is 5.06. The smallest absolute Gasteiger partial charge is 0.404 e. The van der Waals surface area contributed by atoms with Gasteiger partial charge in [0.25, 0.3) is 0 Å². The Morgan fingerprint density at radius 2 is 1.02 bits per heavy atom. The van der Waals surface area contributed by atoms with Crippen molar-refractivity contribution in [2.24, 2.45) is 0 Å². The average Bonchev–Trinajstić information content (AvgIpc) is 2.81. The summed E-state index contributed by atoms with van der Waals surface area (Å²) in [5, 5.41) is 0. The van der Waals surface area contributed by atoms with Crippen LogP contribution in [0.2, 0.25) is 0 Å². The summed E-state index contributed by atoms with van der Waals surface area (Å²) in [6, 6.07) is 6.10. The van der Waals surface area contributed by atoms with Crippen molar-refractivity contribution in [3.05, 3.63) is 47.5 Å². The van der Waals surface area contributed by atoms with Crippen LogP contribution < -0.4 is 9.47 Å². The summed E-state index contributed by atoms with van der Waals surface area (Å²) in [5.41, 5.74) is -0.212. The van der Waals surface area contributed by atoms with Gasteiger partial charge in [0.05, 0.1) is 0 Å². The van der Waals surface area contributed by atoms with Crippen molar-refractivity contribution >= 4 is 28.5 Å². The maximum atomic E-state index is 12.7. The third-order valence-electron chi connectivity index (χ3n) is 4.59. The van der Waals surface area contributed by atoms with Crippen molar-refractivity contribution in [3.63, 3.8) is 0 Å². The number of hydrogen-bond donors (Lipinski definition) is 0. The van der Waals surface area contributed by atoms with E-state index in [1.807, 2.05) is 0 Å². The molecule has 40 heavy (non-hydrogen) atoms. The Balaban J connectivity index is 2.05. The van der Waals surface area contributed by atoms with Gasteiger partial charge >= 0.3 is 41.2 Å². The fraction of sp³-hybridized carbons (Fsp3) is 0.400. The first-order valence-electron chi connectivity index (χ1n) is 10.7. The summed E-state index contributed by atoms with van der Waals surface area (Å²) in [4.78, 5) is -1.92. The Morgan fingerprint density at radius 1 is 0.675 bits per heavy atom. The van der Waals surface area contributed by atoms with Gasteiger partial charge in [-0.3, -0.25) is 13.6 Å². The summed E-state index contributed by atoms with van der Waals surface area (Å²) in [6.45, 7) is 0.192. The Labute approximate surface area is 225 Å². The van der Waals surface area contributed by atoms with Crippen LogP contribution >= 0.6 is 8.25 Å². The van der Waals surface area contributed by atoms with Gasteiger partial charge in [-0.25, -0.2) is 8.37 Å². The number of ether oxygens (including phenoxy) is 2. The zero-order chi connectivity index (χ0) is 30.4. The Morgan fingerprint density at radius 3 is 1.32 bits per heavy atom. The molecule has 0 heterocycles. The average molecular weight is 646 g/mol. The van der Waals surface area contributed by atoms with E-state index in [0.717, 1.165) is 24.3 Å². The molecular weight excluding hydrogens is 625 g/mol. The molecule has 11 nitrogen and oxygen atoms in total. The minimum absolute atomic E-state index is 0.0454. The molecule has 0 bridgehead atoms. The van der Waals surface area contributed by atoms with E-state index >= 15 is 0 Å². The fourth-order valence-corrected chi connectivity index (χ4v) is 6.02. The van der Waals surface area contributed by atoms with E-state index in [2.05, 4.69) is 26.9 Å². The fourth-order valence-electron chi connectivity index (χ4n) is 3.09. The third-order valence-corrected chi connectivity index (χ3v) is 8.04. The van der Waals surface area contributed by atoms with Crippen LogP contribution in [-0.2, 0) is 55.1 Å². The van der Waals surface area contributed by atoms with Gasteiger partial charge in [-0.2, -0.15) is 16.8 Å². The number of aryl methyl sites for hydroxylation is 2. The molecule has 0 aromatic heterocycles. The van der Waals surface area contributed by atoms with E-state index in [-0.39, 0.29) is 24.0 Å². The maximum absolute atomic E-state index is 12.7. The first kappa shape index (κ1) is 33.8. The van der Waals surface area contributed by atoms with E-state index in [9.17, 15) is 47.7 Å². The normalized spacial score (nSPS) is 13.0. The van der Waals surface area contributed by atoms with Crippen molar-refractivity contribution in [3.8, 4) is 11.5 Å². The van der Waals surface area contributed by atoms with Crippen molar-refractivity contribution in [1.29, 1.82) is 0 Å². The summed E-state index contributed by atoms with van der Waals surface area (Å²) in [6.07, 6.45) is -10.6. The third kappa shape index (κ3) is 9.90. The molecular formula is C20H21F6O11PS2. The number of halogens is 6. The van der Waals surface area contributed by atoms with Gasteiger partial charge in [-0.15, -0.1) is 26.3 Å². The van der Waals surface area contributed by atoms with Crippen LogP contribution in [0, 0.1) is 0 Å². The lowest BCUT2D eigenvalue weighted by molar-refractivity contribution is -0.276. The molecule has 0 fully saturated rings. The van der Waals surface area contributed by atoms with Crippen molar-refractivity contribution in [2.75, 3.05) is 13.6 Å². The van der Waals surface area contributed by atoms with Crippen LogP contribution in [0.25, 0.3) is 0 Å². The highest BCUT2D eigenvalue weighted by Gasteiger charge is 2.36. The quantitative estimate of drug-likeness (QED) is 0.118. The van der Waals surface area contributed by atoms with Crippen LogP contribution in [0.4, 0.5) is 26.3 Å². The van der Waals surface area contributed by atoms with Crippen LogP contribution in [0.15, 0.2) is 46.2 Å². The molecule has 2 rings (SSSR count). The Hall–Kier alpha value is -2.41. The Bertz CT molecular complexity index is 1310. The zero-order valence-corrected chi connectivity index (χ0v) is 23.0. The number of rotatable bonds is 14. The molecule has 2 aromatic rings. The lowest BCUT2D eigenvalue weighted by atomic mass is 10.1. The molecule has 0 aliphatic rings. The molecule has 0 spiro atoms. The maximum Gasteiger partial charge on any atom is 0.573 e. The SMILES string of the molecule is CCc1cccc(OC(F)(F)F)c1S(=O)(=O)OCO[PH](=O)OCOS(=O)(=O)c1c(CC)cccc1OC(F)(F)F. The summed E-state index contributed by atoms with van der Waals surface area (Å²) in [5.74, 6) is -2.17. The summed E-state index contributed by atoms with van der Waals surface area (Å²) >= 11 is 0. The van der Waals surface area contributed by atoms with E-state index in [0.29, 0.717) is 0 Å². The molecule has 0 saturated carbocycles. The van der Waals surface area contributed by atoms with Gasteiger partial charge in [0, 0.05) is 0 Å². The van der Waals surface area contributed by atoms with Gasteiger partial charge in [-0.1, -0.05) is 38.1 Å². The molecule has 0 N–H and O–H groups in total. The van der Waals surface area contributed by atoms with Gasteiger partial charge in [-0.05, 0) is 36.1 Å². The molecule has 0 aliphatic carbocycles. The lowest BCUT2D eigenvalue weighted by Gasteiger charge is -2.16. The van der Waals surface area contributed by atoms with Gasteiger partial charge in [0.2, 0.25) is 0 Å². The second-order valence-corrected chi connectivity index (χ2v) is 11.4. The van der Waals surface area contributed by atoms with Crippen molar-refractivity contribution in [2.45, 2.75) is 49.2 Å². The molecule has 0 unspecified atom stereocenters. The van der Waals surface area contributed by atoms with Crippen molar-refractivity contribution in [1.82, 2.24) is 0 Å². The molecule has 226 valence electrons. The van der Waals surface area contributed by atoms with E-state index in [1.54, 1.807) is 0 Å². The van der Waals surface area contributed by atoms with Crippen LogP contribution in [0.3, 0.4) is 0 Å². The first-order valence-corrected chi connectivity index (χ1v) is 14.8. The van der Waals surface area contributed by atoms with Crippen LogP contribution in [0.1, 0.15) is 25.0 Å².